The largest absolute Gasteiger partial charge is 0.348 e. The number of Topliss-reactive ketones (excluding diaryl/α,β-unsaturated/α-hetero) is 1. The Morgan fingerprint density at radius 3 is 2.73 bits per heavy atom. The molecule has 1 heterocycles. The van der Waals surface area contributed by atoms with Gasteiger partial charge in [0.25, 0.3) is 11.5 Å². The molecule has 136 valence electrons. The van der Waals surface area contributed by atoms with Crippen molar-refractivity contribution in [3.05, 3.63) is 67.3 Å². The second-order valence-corrected chi connectivity index (χ2v) is 8.12. The molecule has 1 amide bonds. The molecule has 1 aromatic carbocycles. The zero-order chi connectivity index (χ0) is 19.1. The van der Waals surface area contributed by atoms with Gasteiger partial charge in [-0.3, -0.25) is 14.4 Å². The van der Waals surface area contributed by atoms with E-state index in [1.165, 1.54) is 18.2 Å². The van der Waals surface area contributed by atoms with Crippen molar-refractivity contribution >= 4 is 27.6 Å². The van der Waals surface area contributed by atoms with E-state index in [9.17, 15) is 18.8 Å². The quantitative estimate of drug-likeness (QED) is 0.798. The summed E-state index contributed by atoms with van der Waals surface area (Å²) in [5.74, 6) is -1.12. The predicted molar refractivity (Wildman–Crippen MR) is 98.8 cm³/mol. The molecule has 1 aliphatic carbocycles. The van der Waals surface area contributed by atoms with Crippen LogP contribution in [0, 0.1) is 11.2 Å². The number of ketones is 1. The SMILES string of the molecule is CC1(C)CC(=O)c2cc(C(=O)NCc3cc(F)ccc3Br)c(=O)[nH]c2C1. The van der Waals surface area contributed by atoms with Gasteiger partial charge in [-0.2, -0.15) is 0 Å². The van der Waals surface area contributed by atoms with Crippen LogP contribution in [0.1, 0.15) is 52.2 Å². The lowest BCUT2D eigenvalue weighted by Gasteiger charge is -2.29. The molecule has 0 spiro atoms. The highest BCUT2D eigenvalue weighted by atomic mass is 79.9. The monoisotopic (exact) mass is 420 g/mol. The molecule has 0 saturated carbocycles. The third kappa shape index (κ3) is 3.77. The molecule has 0 radical (unpaired) electrons. The average molecular weight is 421 g/mol. The van der Waals surface area contributed by atoms with Crippen molar-refractivity contribution in [3.8, 4) is 0 Å². The first-order chi connectivity index (χ1) is 12.2. The van der Waals surface area contributed by atoms with Gasteiger partial charge in [0.15, 0.2) is 5.78 Å². The van der Waals surface area contributed by atoms with Crippen molar-refractivity contribution in [3.63, 3.8) is 0 Å². The normalized spacial score (nSPS) is 15.5. The third-order valence-electron chi connectivity index (χ3n) is 4.41. The topological polar surface area (TPSA) is 79.0 Å². The number of nitrogens with one attached hydrogen (secondary N) is 2. The van der Waals surface area contributed by atoms with Crippen LogP contribution in [-0.4, -0.2) is 16.7 Å². The van der Waals surface area contributed by atoms with Crippen molar-refractivity contribution in [1.29, 1.82) is 0 Å². The van der Waals surface area contributed by atoms with Crippen molar-refractivity contribution in [1.82, 2.24) is 10.3 Å². The molecular formula is C19H18BrFN2O3. The summed E-state index contributed by atoms with van der Waals surface area (Å²) in [6.45, 7) is 3.97. The van der Waals surface area contributed by atoms with Crippen LogP contribution in [-0.2, 0) is 13.0 Å². The fourth-order valence-electron chi connectivity index (χ4n) is 3.15. The average Bonchev–Trinajstić information content (AvgIpc) is 2.53. The molecule has 26 heavy (non-hydrogen) atoms. The Morgan fingerprint density at radius 2 is 2.00 bits per heavy atom. The number of halogens is 2. The first-order valence-electron chi connectivity index (χ1n) is 8.18. The van der Waals surface area contributed by atoms with Gasteiger partial charge in [-0.1, -0.05) is 29.8 Å². The molecule has 0 atom stereocenters. The summed E-state index contributed by atoms with van der Waals surface area (Å²) in [6.07, 6.45) is 0.935. The minimum atomic E-state index is -0.608. The van der Waals surface area contributed by atoms with E-state index in [1.807, 2.05) is 13.8 Å². The Bertz CT molecular complexity index is 966. The van der Waals surface area contributed by atoms with Crippen molar-refractivity contribution in [2.45, 2.75) is 33.2 Å². The Labute approximate surface area is 158 Å². The molecule has 0 fully saturated rings. The van der Waals surface area contributed by atoms with E-state index in [-0.39, 0.29) is 23.3 Å². The van der Waals surface area contributed by atoms with Crippen molar-refractivity contribution < 1.29 is 14.0 Å². The van der Waals surface area contributed by atoms with Crippen LogP contribution in [0.15, 0.2) is 33.5 Å². The van der Waals surface area contributed by atoms with E-state index in [4.69, 9.17) is 0 Å². The molecule has 7 heteroatoms. The standard InChI is InChI=1S/C19H18BrFN2O3/c1-19(2)7-15-12(16(24)8-19)6-13(18(26)23-15)17(25)22-9-10-5-11(21)3-4-14(10)20/h3-6H,7-9H2,1-2H3,(H,22,25)(H,23,26). The number of aromatic nitrogens is 1. The van der Waals surface area contributed by atoms with Crippen LogP contribution in [0.25, 0.3) is 0 Å². The summed E-state index contributed by atoms with van der Waals surface area (Å²) in [6, 6.07) is 5.51. The van der Waals surface area contributed by atoms with Gasteiger partial charge in [-0.05, 0) is 41.7 Å². The summed E-state index contributed by atoms with van der Waals surface area (Å²) in [5, 5.41) is 2.60. The summed E-state index contributed by atoms with van der Waals surface area (Å²) in [7, 11) is 0. The van der Waals surface area contributed by atoms with Crippen LogP contribution in [0.4, 0.5) is 4.39 Å². The Morgan fingerprint density at radius 1 is 1.27 bits per heavy atom. The molecule has 2 aromatic rings. The van der Waals surface area contributed by atoms with Crippen molar-refractivity contribution in [2.75, 3.05) is 0 Å². The molecule has 5 nitrogen and oxygen atoms in total. The third-order valence-corrected chi connectivity index (χ3v) is 5.18. The Hall–Kier alpha value is -2.28. The van der Waals surface area contributed by atoms with Gasteiger partial charge in [0, 0.05) is 28.7 Å². The van der Waals surface area contributed by atoms with E-state index in [0.29, 0.717) is 34.1 Å². The van der Waals surface area contributed by atoms with Crippen LogP contribution >= 0.6 is 15.9 Å². The van der Waals surface area contributed by atoms with Gasteiger partial charge in [0.2, 0.25) is 0 Å². The molecule has 0 bridgehead atoms. The van der Waals surface area contributed by atoms with Gasteiger partial charge in [-0.25, -0.2) is 4.39 Å². The first kappa shape index (κ1) is 18.5. The maximum absolute atomic E-state index is 13.3. The minimum absolute atomic E-state index is 0.0503. The molecule has 0 aliphatic heterocycles. The Balaban J connectivity index is 1.84. The zero-order valence-electron chi connectivity index (χ0n) is 14.4. The highest BCUT2D eigenvalue weighted by molar-refractivity contribution is 9.10. The highest BCUT2D eigenvalue weighted by Crippen LogP contribution is 2.33. The van der Waals surface area contributed by atoms with Gasteiger partial charge >= 0.3 is 0 Å². The molecule has 2 N–H and O–H groups in total. The molecule has 0 unspecified atom stereocenters. The zero-order valence-corrected chi connectivity index (χ0v) is 16.0. The van der Waals surface area contributed by atoms with Crippen molar-refractivity contribution in [2.24, 2.45) is 5.41 Å². The Kier molecular flexibility index (Phi) is 4.84. The summed E-state index contributed by atoms with van der Waals surface area (Å²) >= 11 is 3.29. The first-order valence-corrected chi connectivity index (χ1v) is 8.97. The van der Waals surface area contributed by atoms with Gasteiger partial charge in [0.1, 0.15) is 11.4 Å². The highest BCUT2D eigenvalue weighted by Gasteiger charge is 2.32. The molecule has 3 rings (SSSR count). The molecule has 1 aliphatic rings. The van der Waals surface area contributed by atoms with E-state index < -0.39 is 17.3 Å². The molecule has 0 saturated heterocycles. The number of carbonyl (C=O) groups excluding carboxylic acids is 2. The number of H-pyrrole nitrogens is 1. The number of rotatable bonds is 3. The lowest BCUT2D eigenvalue weighted by molar-refractivity contribution is 0.0910. The van der Waals surface area contributed by atoms with Gasteiger partial charge < -0.3 is 10.3 Å². The molecular weight excluding hydrogens is 403 g/mol. The lowest BCUT2D eigenvalue weighted by atomic mass is 9.75. The maximum atomic E-state index is 13.3. The van der Waals surface area contributed by atoms with E-state index in [2.05, 4.69) is 26.2 Å². The number of fused-ring (bicyclic) bond motifs is 1. The van der Waals surface area contributed by atoms with E-state index >= 15 is 0 Å². The number of benzene rings is 1. The predicted octanol–water partition coefficient (Wildman–Crippen LogP) is 3.36. The minimum Gasteiger partial charge on any atom is -0.348 e. The van der Waals surface area contributed by atoms with Gasteiger partial charge in [0.05, 0.1) is 0 Å². The van der Waals surface area contributed by atoms with Crippen LogP contribution < -0.4 is 10.9 Å². The number of carbonyl (C=O) groups is 2. The number of hydrogen-bond donors (Lipinski definition) is 2. The second-order valence-electron chi connectivity index (χ2n) is 7.26. The lowest BCUT2D eigenvalue weighted by Crippen LogP contribution is -2.34. The second kappa shape index (κ2) is 6.79. The fourth-order valence-corrected chi connectivity index (χ4v) is 3.53. The van der Waals surface area contributed by atoms with Crippen LogP contribution in [0.2, 0.25) is 0 Å². The summed E-state index contributed by atoms with van der Waals surface area (Å²) in [5.41, 5.74) is 0.627. The fraction of sp³-hybridized carbons (Fsp3) is 0.316. The smallest absolute Gasteiger partial charge is 0.261 e. The summed E-state index contributed by atoms with van der Waals surface area (Å²) in [4.78, 5) is 39.7. The van der Waals surface area contributed by atoms with E-state index in [0.717, 1.165) is 0 Å². The number of amides is 1. The van der Waals surface area contributed by atoms with Gasteiger partial charge in [-0.15, -0.1) is 0 Å². The number of hydrogen-bond acceptors (Lipinski definition) is 3. The number of pyridine rings is 1. The molecule has 1 aromatic heterocycles. The van der Waals surface area contributed by atoms with Crippen LogP contribution in [0.3, 0.4) is 0 Å². The maximum Gasteiger partial charge on any atom is 0.261 e. The van der Waals surface area contributed by atoms with Crippen LogP contribution in [0.5, 0.6) is 0 Å². The van der Waals surface area contributed by atoms with E-state index in [1.54, 1.807) is 6.07 Å². The number of aromatic amines is 1. The summed E-state index contributed by atoms with van der Waals surface area (Å²) < 4.78 is 14.0.